The van der Waals surface area contributed by atoms with Crippen LogP contribution in [-0.4, -0.2) is 59.1 Å². The van der Waals surface area contributed by atoms with Crippen LogP contribution in [0.1, 0.15) is 25.3 Å². The molecular formula is C18H23N3O6. The van der Waals surface area contributed by atoms with Gasteiger partial charge in [-0.3, -0.25) is 14.5 Å². The summed E-state index contributed by atoms with van der Waals surface area (Å²) in [7, 11) is 0. The molecule has 3 amide bonds. The first kappa shape index (κ1) is 20.4. The average molecular weight is 377 g/mol. The lowest BCUT2D eigenvalue weighted by molar-refractivity contribution is -0.157. The molecule has 2 unspecified atom stereocenters. The summed E-state index contributed by atoms with van der Waals surface area (Å²) < 4.78 is 4.99. The quantitative estimate of drug-likeness (QED) is 0.631. The van der Waals surface area contributed by atoms with E-state index in [1.807, 2.05) is 6.07 Å². The highest BCUT2D eigenvalue weighted by molar-refractivity contribution is 6.02. The third-order valence-electron chi connectivity index (χ3n) is 4.21. The number of alkyl carbamates (subject to hydrolysis) is 1. The van der Waals surface area contributed by atoms with Crippen molar-refractivity contribution < 1.29 is 29.0 Å². The van der Waals surface area contributed by atoms with Crippen LogP contribution in [0.2, 0.25) is 0 Å². The number of nitrogens with one attached hydrogen (secondary N) is 2. The van der Waals surface area contributed by atoms with Gasteiger partial charge in [-0.25, -0.2) is 9.59 Å². The Kier molecular flexibility index (Phi) is 7.30. The molecule has 1 heterocycles. The standard InChI is InChI=1S/C18H23N3O6/c1-12(17(24)25)21(16(23)14-8-5-9-19-14)15(22)10-20-18(26)27-11-13-6-3-2-4-7-13/h2-4,6-7,12,14,19H,5,8-11H2,1H3,(H,20,26)(H,24,25). The largest absolute Gasteiger partial charge is 0.480 e. The zero-order valence-corrected chi connectivity index (χ0v) is 15.0. The van der Waals surface area contributed by atoms with E-state index in [0.29, 0.717) is 17.9 Å². The van der Waals surface area contributed by atoms with E-state index in [2.05, 4.69) is 10.6 Å². The van der Waals surface area contributed by atoms with Crippen molar-refractivity contribution in [3.05, 3.63) is 35.9 Å². The molecule has 0 radical (unpaired) electrons. The van der Waals surface area contributed by atoms with E-state index in [1.54, 1.807) is 24.3 Å². The summed E-state index contributed by atoms with van der Waals surface area (Å²) in [6.45, 7) is 1.37. The van der Waals surface area contributed by atoms with Crippen LogP contribution in [0.5, 0.6) is 0 Å². The molecule has 0 spiro atoms. The van der Waals surface area contributed by atoms with Gasteiger partial charge in [0.25, 0.3) is 0 Å². The summed E-state index contributed by atoms with van der Waals surface area (Å²) >= 11 is 0. The molecule has 0 aromatic heterocycles. The van der Waals surface area contributed by atoms with Crippen molar-refractivity contribution in [1.29, 1.82) is 0 Å². The maximum absolute atomic E-state index is 12.5. The molecule has 1 aromatic rings. The fourth-order valence-corrected chi connectivity index (χ4v) is 2.71. The normalized spacial score (nSPS) is 17.0. The predicted molar refractivity (Wildman–Crippen MR) is 94.6 cm³/mol. The molecule has 146 valence electrons. The van der Waals surface area contributed by atoms with Gasteiger partial charge >= 0.3 is 12.1 Å². The summed E-state index contributed by atoms with van der Waals surface area (Å²) in [5.41, 5.74) is 0.780. The summed E-state index contributed by atoms with van der Waals surface area (Å²) in [5, 5.41) is 14.4. The van der Waals surface area contributed by atoms with Gasteiger partial charge in [-0.2, -0.15) is 0 Å². The fourth-order valence-electron chi connectivity index (χ4n) is 2.71. The van der Waals surface area contributed by atoms with Crippen LogP contribution in [0.4, 0.5) is 4.79 Å². The number of amides is 3. The van der Waals surface area contributed by atoms with Crippen LogP contribution < -0.4 is 10.6 Å². The lowest BCUT2D eigenvalue weighted by Crippen LogP contribution is -2.55. The highest BCUT2D eigenvalue weighted by Crippen LogP contribution is 2.12. The highest BCUT2D eigenvalue weighted by Gasteiger charge is 2.36. The number of hydrogen-bond donors (Lipinski definition) is 3. The lowest BCUT2D eigenvalue weighted by atomic mass is 10.1. The summed E-state index contributed by atoms with van der Waals surface area (Å²) in [5.74, 6) is -2.71. The van der Waals surface area contributed by atoms with Crippen LogP contribution in [0.15, 0.2) is 30.3 Å². The maximum atomic E-state index is 12.5. The minimum atomic E-state index is -1.34. The van der Waals surface area contributed by atoms with Gasteiger partial charge in [0, 0.05) is 0 Å². The minimum Gasteiger partial charge on any atom is -0.480 e. The molecule has 1 aromatic carbocycles. The average Bonchev–Trinajstić information content (AvgIpc) is 3.20. The van der Waals surface area contributed by atoms with Gasteiger partial charge < -0.3 is 20.5 Å². The Bertz CT molecular complexity index is 688. The Morgan fingerprint density at radius 2 is 2.00 bits per heavy atom. The molecule has 9 nitrogen and oxygen atoms in total. The van der Waals surface area contributed by atoms with E-state index >= 15 is 0 Å². The number of hydrogen-bond acceptors (Lipinski definition) is 6. The molecule has 0 aliphatic carbocycles. The van der Waals surface area contributed by atoms with Gasteiger partial charge in [0.05, 0.1) is 6.04 Å². The Balaban J connectivity index is 1.91. The maximum Gasteiger partial charge on any atom is 0.407 e. The highest BCUT2D eigenvalue weighted by atomic mass is 16.5. The number of carboxylic acid groups (broad SMARTS) is 1. The number of rotatable bonds is 7. The molecule has 2 rings (SSSR count). The fraction of sp³-hybridized carbons (Fsp3) is 0.444. The molecule has 0 saturated carbocycles. The third-order valence-corrected chi connectivity index (χ3v) is 4.21. The van der Waals surface area contributed by atoms with Crippen LogP contribution in [0.3, 0.4) is 0 Å². The van der Waals surface area contributed by atoms with E-state index in [0.717, 1.165) is 12.0 Å². The number of benzene rings is 1. The van der Waals surface area contributed by atoms with Gasteiger partial charge in [-0.1, -0.05) is 30.3 Å². The Morgan fingerprint density at radius 3 is 2.59 bits per heavy atom. The SMILES string of the molecule is CC(C(=O)O)N(C(=O)CNC(=O)OCc1ccccc1)C(=O)C1CCCN1. The smallest absolute Gasteiger partial charge is 0.407 e. The second-order valence-corrected chi connectivity index (χ2v) is 6.18. The molecule has 27 heavy (non-hydrogen) atoms. The van der Waals surface area contributed by atoms with Crippen LogP contribution in [0.25, 0.3) is 0 Å². The minimum absolute atomic E-state index is 0.0288. The van der Waals surface area contributed by atoms with Gasteiger partial charge in [0.2, 0.25) is 11.8 Å². The molecule has 3 N–H and O–H groups in total. The molecule has 1 fully saturated rings. The van der Waals surface area contributed by atoms with Crippen LogP contribution in [-0.2, 0) is 25.7 Å². The van der Waals surface area contributed by atoms with Crippen molar-refractivity contribution in [2.75, 3.05) is 13.1 Å². The second kappa shape index (κ2) is 9.67. The zero-order chi connectivity index (χ0) is 19.8. The molecule has 1 aliphatic rings. The van der Waals surface area contributed by atoms with E-state index < -0.39 is 42.5 Å². The number of ether oxygens (including phenoxy) is 1. The molecule has 0 bridgehead atoms. The van der Waals surface area contributed by atoms with Gasteiger partial charge in [-0.05, 0) is 31.9 Å². The first-order valence-electron chi connectivity index (χ1n) is 8.66. The van der Waals surface area contributed by atoms with Crippen molar-refractivity contribution >= 4 is 23.9 Å². The van der Waals surface area contributed by atoms with E-state index in [4.69, 9.17) is 4.74 Å². The number of nitrogens with zero attached hydrogens (tertiary/aromatic N) is 1. The van der Waals surface area contributed by atoms with Crippen molar-refractivity contribution in [1.82, 2.24) is 15.5 Å². The molecule has 1 saturated heterocycles. The molecule has 9 heteroatoms. The Labute approximate surface area is 156 Å². The number of carbonyl (C=O) groups excluding carboxylic acids is 3. The topological polar surface area (TPSA) is 125 Å². The van der Waals surface area contributed by atoms with E-state index in [9.17, 15) is 24.3 Å². The Morgan fingerprint density at radius 1 is 1.30 bits per heavy atom. The number of carboxylic acids is 1. The number of carbonyl (C=O) groups is 4. The van der Waals surface area contributed by atoms with E-state index in [1.165, 1.54) is 6.92 Å². The first-order valence-corrected chi connectivity index (χ1v) is 8.66. The summed E-state index contributed by atoms with van der Waals surface area (Å²) in [6, 6.07) is 7.05. The van der Waals surface area contributed by atoms with E-state index in [-0.39, 0.29) is 6.61 Å². The van der Waals surface area contributed by atoms with Crippen LogP contribution in [0, 0.1) is 0 Å². The molecular weight excluding hydrogens is 354 g/mol. The molecule has 1 aliphatic heterocycles. The summed E-state index contributed by atoms with van der Waals surface area (Å²) in [6.07, 6.45) is 0.465. The van der Waals surface area contributed by atoms with Crippen LogP contribution >= 0.6 is 0 Å². The van der Waals surface area contributed by atoms with Crippen molar-refractivity contribution in [2.45, 2.75) is 38.5 Å². The van der Waals surface area contributed by atoms with Crippen molar-refractivity contribution in [2.24, 2.45) is 0 Å². The predicted octanol–water partition coefficient (Wildman–Crippen LogP) is 0.493. The van der Waals surface area contributed by atoms with Gasteiger partial charge in [-0.15, -0.1) is 0 Å². The van der Waals surface area contributed by atoms with Gasteiger partial charge in [0.15, 0.2) is 0 Å². The van der Waals surface area contributed by atoms with Gasteiger partial charge in [0.1, 0.15) is 19.2 Å². The number of aliphatic carboxylic acids is 1. The number of imide groups is 1. The lowest BCUT2D eigenvalue weighted by Gasteiger charge is -2.27. The first-order chi connectivity index (χ1) is 12.9. The molecule has 2 atom stereocenters. The summed E-state index contributed by atoms with van der Waals surface area (Å²) in [4.78, 5) is 48.7. The third kappa shape index (κ3) is 5.78. The zero-order valence-electron chi connectivity index (χ0n) is 15.0. The second-order valence-electron chi connectivity index (χ2n) is 6.18. The van der Waals surface area contributed by atoms with Crippen molar-refractivity contribution in [3.8, 4) is 0 Å². The van der Waals surface area contributed by atoms with Crippen molar-refractivity contribution in [3.63, 3.8) is 0 Å². The Hall–Kier alpha value is -2.94. The monoisotopic (exact) mass is 377 g/mol.